The van der Waals surface area contributed by atoms with Crippen molar-refractivity contribution in [2.75, 3.05) is 18.5 Å². The number of H-pyrrole nitrogens is 1. The molecule has 3 aromatic rings. The Morgan fingerprint density at radius 1 is 1.19 bits per heavy atom. The number of thioether (sulfide) groups is 1. The molecule has 8 heteroatoms. The van der Waals surface area contributed by atoms with Crippen LogP contribution in [0.1, 0.15) is 6.92 Å². The minimum absolute atomic E-state index is 0.201. The van der Waals surface area contributed by atoms with Gasteiger partial charge in [0.2, 0.25) is 5.91 Å². The van der Waals surface area contributed by atoms with Crippen LogP contribution in [0.2, 0.25) is 0 Å². The molecule has 1 aromatic heterocycles. The predicted molar refractivity (Wildman–Crippen MR) is 104 cm³/mol. The Kier molecular flexibility index (Phi) is 4.72. The summed E-state index contributed by atoms with van der Waals surface area (Å²) in [7, 11) is 0. The standard InChI is InChI=1S/C19H17N3O4S/c1-11(27-19-21-14-5-3-2-4-13(14)18(24)22-19)17(23)20-12-6-7-15-16(10-12)26-9-8-25-15/h2-7,10-11H,8-9H2,1H3,(H,20,23)(H,21,22,24)/t11-/m0/s1. The first kappa shape index (κ1) is 17.4. The number of nitrogens with one attached hydrogen (secondary N) is 2. The molecule has 0 saturated heterocycles. The van der Waals surface area contributed by atoms with Crippen LogP contribution in [0.5, 0.6) is 11.5 Å². The third kappa shape index (κ3) is 3.75. The van der Waals surface area contributed by atoms with E-state index in [1.165, 1.54) is 11.8 Å². The molecule has 2 heterocycles. The molecule has 1 aliphatic heterocycles. The molecule has 7 nitrogen and oxygen atoms in total. The molecule has 2 N–H and O–H groups in total. The summed E-state index contributed by atoms with van der Waals surface area (Å²) in [5, 5.41) is 3.32. The van der Waals surface area contributed by atoms with Gasteiger partial charge in [0.05, 0.1) is 16.2 Å². The van der Waals surface area contributed by atoms with E-state index < -0.39 is 5.25 Å². The Labute approximate surface area is 159 Å². The predicted octanol–water partition coefficient (Wildman–Crippen LogP) is 2.81. The Balaban J connectivity index is 1.47. The highest BCUT2D eigenvalue weighted by Crippen LogP contribution is 2.33. The van der Waals surface area contributed by atoms with Gasteiger partial charge in [0.15, 0.2) is 16.7 Å². The van der Waals surface area contributed by atoms with Gasteiger partial charge in [-0.25, -0.2) is 4.98 Å². The maximum Gasteiger partial charge on any atom is 0.259 e. The minimum atomic E-state index is -0.456. The van der Waals surface area contributed by atoms with Crippen LogP contribution in [0.4, 0.5) is 5.69 Å². The van der Waals surface area contributed by atoms with E-state index in [0.29, 0.717) is 46.5 Å². The maximum absolute atomic E-state index is 12.5. The molecule has 1 atom stereocenters. The van der Waals surface area contributed by atoms with Crippen molar-refractivity contribution in [2.24, 2.45) is 0 Å². The van der Waals surface area contributed by atoms with Crippen LogP contribution in [-0.2, 0) is 4.79 Å². The number of ether oxygens (including phenoxy) is 2. The van der Waals surface area contributed by atoms with E-state index in [9.17, 15) is 9.59 Å². The van der Waals surface area contributed by atoms with Crippen LogP contribution in [0.3, 0.4) is 0 Å². The van der Waals surface area contributed by atoms with Crippen LogP contribution < -0.4 is 20.3 Å². The lowest BCUT2D eigenvalue weighted by molar-refractivity contribution is -0.115. The Hall–Kier alpha value is -3.00. The third-order valence-electron chi connectivity index (χ3n) is 4.06. The van der Waals surface area contributed by atoms with Gasteiger partial charge in [0.1, 0.15) is 13.2 Å². The smallest absolute Gasteiger partial charge is 0.259 e. The zero-order valence-corrected chi connectivity index (χ0v) is 15.3. The van der Waals surface area contributed by atoms with Crippen molar-refractivity contribution in [3.63, 3.8) is 0 Å². The van der Waals surface area contributed by atoms with Crippen molar-refractivity contribution in [3.8, 4) is 11.5 Å². The number of aromatic nitrogens is 2. The van der Waals surface area contributed by atoms with Crippen molar-refractivity contribution in [1.82, 2.24) is 9.97 Å². The fourth-order valence-corrected chi connectivity index (χ4v) is 3.51. The number of anilines is 1. The van der Waals surface area contributed by atoms with Crippen LogP contribution in [0, 0.1) is 0 Å². The Morgan fingerprint density at radius 3 is 2.81 bits per heavy atom. The normalized spacial score (nSPS) is 14.0. The topological polar surface area (TPSA) is 93.3 Å². The number of nitrogens with zero attached hydrogens (tertiary/aromatic N) is 1. The van der Waals surface area contributed by atoms with Crippen LogP contribution in [0.25, 0.3) is 10.9 Å². The summed E-state index contributed by atoms with van der Waals surface area (Å²) < 4.78 is 11.0. The molecule has 4 rings (SSSR count). The third-order valence-corrected chi connectivity index (χ3v) is 5.04. The van der Waals surface area contributed by atoms with E-state index in [1.54, 1.807) is 43.3 Å². The van der Waals surface area contributed by atoms with Crippen LogP contribution in [-0.4, -0.2) is 34.3 Å². The number of hydrogen-bond acceptors (Lipinski definition) is 6. The monoisotopic (exact) mass is 383 g/mol. The lowest BCUT2D eigenvalue weighted by Gasteiger charge is -2.19. The van der Waals surface area contributed by atoms with Gasteiger partial charge in [0, 0.05) is 11.8 Å². The highest BCUT2D eigenvalue weighted by atomic mass is 32.2. The number of aromatic amines is 1. The average Bonchev–Trinajstić information content (AvgIpc) is 2.68. The molecule has 2 aromatic carbocycles. The first-order valence-electron chi connectivity index (χ1n) is 8.46. The lowest BCUT2D eigenvalue weighted by Crippen LogP contribution is -2.23. The molecule has 0 unspecified atom stereocenters. The first-order chi connectivity index (χ1) is 13.1. The fourth-order valence-electron chi connectivity index (χ4n) is 2.71. The summed E-state index contributed by atoms with van der Waals surface area (Å²) in [5.74, 6) is 1.08. The van der Waals surface area contributed by atoms with E-state index in [0.717, 1.165) is 0 Å². The van der Waals surface area contributed by atoms with Gasteiger partial charge in [0.25, 0.3) is 5.56 Å². The second kappa shape index (κ2) is 7.32. The average molecular weight is 383 g/mol. The SMILES string of the molecule is C[C@H](Sc1nc2ccccc2c(=O)[nH]1)C(=O)Nc1ccc2c(c1)OCCO2. The van der Waals surface area contributed by atoms with E-state index in [2.05, 4.69) is 15.3 Å². The molecule has 0 saturated carbocycles. The van der Waals surface area contributed by atoms with E-state index >= 15 is 0 Å². The fraction of sp³-hybridized carbons (Fsp3) is 0.211. The number of carbonyl (C=O) groups excluding carboxylic acids is 1. The molecular formula is C19H17N3O4S. The van der Waals surface area contributed by atoms with Crippen molar-refractivity contribution in [3.05, 3.63) is 52.8 Å². The molecule has 138 valence electrons. The molecule has 0 spiro atoms. The molecule has 0 aliphatic carbocycles. The number of hydrogen-bond donors (Lipinski definition) is 2. The molecule has 0 fully saturated rings. The molecule has 0 bridgehead atoms. The molecular weight excluding hydrogens is 366 g/mol. The molecule has 0 radical (unpaired) electrons. The van der Waals surface area contributed by atoms with E-state index in [4.69, 9.17) is 9.47 Å². The van der Waals surface area contributed by atoms with Gasteiger partial charge in [-0.15, -0.1) is 0 Å². The highest BCUT2D eigenvalue weighted by molar-refractivity contribution is 8.00. The number of carbonyl (C=O) groups is 1. The van der Waals surface area contributed by atoms with E-state index in [-0.39, 0.29) is 11.5 Å². The minimum Gasteiger partial charge on any atom is -0.486 e. The Morgan fingerprint density at radius 2 is 1.96 bits per heavy atom. The quantitative estimate of drug-likeness (QED) is 0.532. The van der Waals surface area contributed by atoms with Crippen molar-refractivity contribution < 1.29 is 14.3 Å². The zero-order chi connectivity index (χ0) is 18.8. The summed E-state index contributed by atoms with van der Waals surface area (Å²) >= 11 is 1.19. The number of fused-ring (bicyclic) bond motifs is 2. The lowest BCUT2D eigenvalue weighted by atomic mass is 10.2. The van der Waals surface area contributed by atoms with E-state index in [1.807, 2.05) is 6.07 Å². The zero-order valence-electron chi connectivity index (χ0n) is 14.5. The van der Waals surface area contributed by atoms with Crippen molar-refractivity contribution in [2.45, 2.75) is 17.3 Å². The second-order valence-electron chi connectivity index (χ2n) is 6.00. The van der Waals surface area contributed by atoms with Crippen LogP contribution in [0.15, 0.2) is 52.4 Å². The highest BCUT2D eigenvalue weighted by Gasteiger charge is 2.18. The summed E-state index contributed by atoms with van der Waals surface area (Å²) in [6, 6.07) is 12.4. The number of para-hydroxylation sites is 1. The number of benzene rings is 2. The van der Waals surface area contributed by atoms with Gasteiger partial charge in [-0.2, -0.15) is 0 Å². The van der Waals surface area contributed by atoms with Crippen molar-refractivity contribution in [1.29, 1.82) is 0 Å². The maximum atomic E-state index is 12.5. The first-order valence-corrected chi connectivity index (χ1v) is 9.34. The summed E-state index contributed by atoms with van der Waals surface area (Å²) in [6.07, 6.45) is 0. The number of amides is 1. The van der Waals surface area contributed by atoms with Gasteiger partial charge >= 0.3 is 0 Å². The Bertz CT molecular complexity index is 1070. The van der Waals surface area contributed by atoms with Gasteiger partial charge < -0.3 is 19.8 Å². The number of rotatable bonds is 4. The largest absolute Gasteiger partial charge is 0.486 e. The van der Waals surface area contributed by atoms with Crippen LogP contribution >= 0.6 is 11.8 Å². The van der Waals surface area contributed by atoms with Gasteiger partial charge in [-0.3, -0.25) is 9.59 Å². The van der Waals surface area contributed by atoms with Gasteiger partial charge in [-0.05, 0) is 31.2 Å². The summed E-state index contributed by atoms with van der Waals surface area (Å²) in [5.41, 5.74) is 1.00. The molecule has 1 aliphatic rings. The second-order valence-corrected chi connectivity index (χ2v) is 7.33. The molecule has 1 amide bonds. The summed E-state index contributed by atoms with van der Waals surface area (Å²) in [4.78, 5) is 31.8. The molecule has 27 heavy (non-hydrogen) atoms. The van der Waals surface area contributed by atoms with Crippen molar-refractivity contribution >= 4 is 34.3 Å². The van der Waals surface area contributed by atoms with Gasteiger partial charge in [-0.1, -0.05) is 23.9 Å². The summed E-state index contributed by atoms with van der Waals surface area (Å²) in [6.45, 7) is 2.76.